The average Bonchev–Trinajstić information content (AvgIpc) is 2.72. The SMILES string of the molecule is Cc1ccc(/C=C(/C#N)c2cccc(F)c2)s1. The maximum atomic E-state index is 13.1. The smallest absolute Gasteiger partial charge is 0.123 e. The van der Waals surface area contributed by atoms with Gasteiger partial charge in [-0.05, 0) is 42.8 Å². The topological polar surface area (TPSA) is 23.8 Å². The molecule has 0 atom stereocenters. The third-order valence-corrected chi connectivity index (χ3v) is 3.25. The monoisotopic (exact) mass is 243 g/mol. The zero-order valence-electron chi connectivity index (χ0n) is 9.27. The molecule has 0 aliphatic heterocycles. The molecule has 0 aliphatic rings. The van der Waals surface area contributed by atoms with Crippen LogP contribution in [0, 0.1) is 24.1 Å². The Hall–Kier alpha value is -1.92. The van der Waals surface area contributed by atoms with Crippen LogP contribution in [0.15, 0.2) is 36.4 Å². The number of hydrogen-bond acceptors (Lipinski definition) is 2. The van der Waals surface area contributed by atoms with Gasteiger partial charge in [-0.2, -0.15) is 5.26 Å². The average molecular weight is 243 g/mol. The summed E-state index contributed by atoms with van der Waals surface area (Å²) in [6.45, 7) is 2.01. The van der Waals surface area contributed by atoms with Crippen LogP contribution in [-0.4, -0.2) is 0 Å². The minimum atomic E-state index is -0.328. The molecule has 17 heavy (non-hydrogen) atoms. The molecule has 3 heteroatoms. The number of rotatable bonds is 2. The Morgan fingerprint density at radius 3 is 2.76 bits per heavy atom. The lowest BCUT2D eigenvalue weighted by atomic mass is 10.1. The normalized spacial score (nSPS) is 11.2. The first-order valence-electron chi connectivity index (χ1n) is 5.13. The van der Waals surface area contributed by atoms with Crippen molar-refractivity contribution in [3.63, 3.8) is 0 Å². The number of allylic oxidation sites excluding steroid dienone is 1. The van der Waals surface area contributed by atoms with E-state index in [4.69, 9.17) is 5.26 Å². The van der Waals surface area contributed by atoms with Crippen LogP contribution in [0.1, 0.15) is 15.3 Å². The Labute approximate surface area is 103 Å². The van der Waals surface area contributed by atoms with Gasteiger partial charge in [0.15, 0.2) is 0 Å². The second-order valence-corrected chi connectivity index (χ2v) is 4.95. The zero-order valence-corrected chi connectivity index (χ0v) is 10.1. The summed E-state index contributed by atoms with van der Waals surface area (Å²) in [5.74, 6) is -0.328. The molecule has 0 N–H and O–H groups in total. The molecule has 1 aromatic heterocycles. The van der Waals surface area contributed by atoms with Crippen molar-refractivity contribution in [3.05, 3.63) is 57.5 Å². The number of benzene rings is 1. The van der Waals surface area contributed by atoms with Crippen LogP contribution in [0.25, 0.3) is 11.6 Å². The lowest BCUT2D eigenvalue weighted by molar-refractivity contribution is 0.627. The van der Waals surface area contributed by atoms with Gasteiger partial charge in [0, 0.05) is 9.75 Å². The van der Waals surface area contributed by atoms with Crippen molar-refractivity contribution in [3.8, 4) is 6.07 Å². The van der Waals surface area contributed by atoms with E-state index in [-0.39, 0.29) is 5.82 Å². The highest BCUT2D eigenvalue weighted by atomic mass is 32.1. The minimum absolute atomic E-state index is 0.328. The molecule has 0 radical (unpaired) electrons. The molecule has 0 saturated carbocycles. The van der Waals surface area contributed by atoms with Crippen LogP contribution >= 0.6 is 11.3 Å². The van der Waals surface area contributed by atoms with E-state index in [1.807, 2.05) is 19.1 Å². The summed E-state index contributed by atoms with van der Waals surface area (Å²) in [5.41, 5.74) is 1.09. The molecule has 2 aromatic rings. The minimum Gasteiger partial charge on any atom is -0.207 e. The summed E-state index contributed by atoms with van der Waals surface area (Å²) < 4.78 is 13.1. The van der Waals surface area contributed by atoms with Crippen molar-refractivity contribution >= 4 is 23.0 Å². The highest BCUT2D eigenvalue weighted by Gasteiger charge is 2.03. The molecule has 0 bridgehead atoms. The van der Waals surface area contributed by atoms with Gasteiger partial charge >= 0.3 is 0 Å². The van der Waals surface area contributed by atoms with Crippen molar-refractivity contribution in [2.45, 2.75) is 6.92 Å². The summed E-state index contributed by atoms with van der Waals surface area (Å²) in [6.07, 6.45) is 1.78. The molecule has 1 aromatic carbocycles. The molecule has 0 unspecified atom stereocenters. The fraction of sp³-hybridized carbons (Fsp3) is 0.0714. The highest BCUT2D eigenvalue weighted by molar-refractivity contribution is 7.12. The quantitative estimate of drug-likeness (QED) is 0.723. The van der Waals surface area contributed by atoms with E-state index in [9.17, 15) is 4.39 Å². The summed E-state index contributed by atoms with van der Waals surface area (Å²) in [4.78, 5) is 2.19. The molecule has 84 valence electrons. The van der Waals surface area contributed by atoms with Crippen LogP contribution in [0.4, 0.5) is 4.39 Å². The van der Waals surface area contributed by atoms with Gasteiger partial charge in [-0.15, -0.1) is 11.3 Å². The highest BCUT2D eigenvalue weighted by Crippen LogP contribution is 2.23. The summed E-state index contributed by atoms with van der Waals surface area (Å²) >= 11 is 1.61. The standard InChI is InChI=1S/C14H10FNS/c1-10-5-6-14(17-10)8-12(9-16)11-3-2-4-13(15)7-11/h2-8H,1H3/b12-8-. The Kier molecular flexibility index (Phi) is 3.36. The molecule has 2 rings (SSSR count). The lowest BCUT2D eigenvalue weighted by Gasteiger charge is -1.98. The maximum Gasteiger partial charge on any atom is 0.123 e. The molecule has 0 spiro atoms. The van der Waals surface area contributed by atoms with Crippen LogP contribution in [-0.2, 0) is 0 Å². The number of halogens is 1. The van der Waals surface area contributed by atoms with Gasteiger partial charge in [0.25, 0.3) is 0 Å². The van der Waals surface area contributed by atoms with Crippen molar-refractivity contribution in [1.29, 1.82) is 5.26 Å². The predicted octanol–water partition coefficient (Wildman–Crippen LogP) is 4.26. The van der Waals surface area contributed by atoms with E-state index in [1.165, 1.54) is 17.0 Å². The summed E-state index contributed by atoms with van der Waals surface area (Å²) in [5, 5.41) is 9.10. The van der Waals surface area contributed by atoms with E-state index < -0.39 is 0 Å². The molecular formula is C14H10FNS. The van der Waals surface area contributed by atoms with Gasteiger partial charge in [-0.3, -0.25) is 0 Å². The van der Waals surface area contributed by atoms with E-state index in [0.29, 0.717) is 11.1 Å². The fourth-order valence-electron chi connectivity index (χ4n) is 1.51. The number of hydrogen-bond donors (Lipinski definition) is 0. The molecule has 0 aliphatic carbocycles. The van der Waals surface area contributed by atoms with Crippen molar-refractivity contribution in [2.24, 2.45) is 0 Å². The first kappa shape index (κ1) is 11.6. The number of thiophene rings is 1. The largest absolute Gasteiger partial charge is 0.207 e. The van der Waals surface area contributed by atoms with E-state index >= 15 is 0 Å². The van der Waals surface area contributed by atoms with Crippen LogP contribution in [0.2, 0.25) is 0 Å². The van der Waals surface area contributed by atoms with Crippen LogP contribution in [0.5, 0.6) is 0 Å². The van der Waals surface area contributed by atoms with Gasteiger partial charge in [0.05, 0.1) is 11.6 Å². The van der Waals surface area contributed by atoms with Crippen molar-refractivity contribution < 1.29 is 4.39 Å². The Morgan fingerprint density at radius 2 is 2.18 bits per heavy atom. The van der Waals surface area contributed by atoms with Gasteiger partial charge < -0.3 is 0 Å². The Balaban J connectivity index is 2.41. The van der Waals surface area contributed by atoms with Crippen LogP contribution in [0.3, 0.4) is 0 Å². The molecular weight excluding hydrogens is 233 g/mol. The van der Waals surface area contributed by atoms with Crippen LogP contribution < -0.4 is 0 Å². The molecule has 0 saturated heterocycles. The molecule has 1 nitrogen and oxygen atoms in total. The van der Waals surface area contributed by atoms with Gasteiger partial charge in [-0.1, -0.05) is 12.1 Å². The number of aryl methyl sites for hydroxylation is 1. The number of nitriles is 1. The molecule has 0 fully saturated rings. The maximum absolute atomic E-state index is 13.1. The summed E-state index contributed by atoms with van der Waals surface area (Å²) in [7, 11) is 0. The first-order valence-corrected chi connectivity index (χ1v) is 5.95. The lowest BCUT2D eigenvalue weighted by Crippen LogP contribution is -1.82. The van der Waals surface area contributed by atoms with E-state index in [0.717, 1.165) is 4.88 Å². The predicted molar refractivity (Wildman–Crippen MR) is 68.9 cm³/mol. The van der Waals surface area contributed by atoms with E-state index in [2.05, 4.69) is 6.07 Å². The first-order chi connectivity index (χ1) is 8.19. The van der Waals surface area contributed by atoms with Gasteiger partial charge in [0.2, 0.25) is 0 Å². The fourth-order valence-corrected chi connectivity index (χ4v) is 2.33. The second-order valence-electron chi connectivity index (χ2n) is 3.63. The Morgan fingerprint density at radius 1 is 1.35 bits per heavy atom. The van der Waals surface area contributed by atoms with Crippen molar-refractivity contribution in [1.82, 2.24) is 0 Å². The number of nitrogens with zero attached hydrogens (tertiary/aromatic N) is 1. The summed E-state index contributed by atoms with van der Waals surface area (Å²) in [6, 6.07) is 12.1. The third-order valence-electron chi connectivity index (χ3n) is 2.30. The van der Waals surface area contributed by atoms with E-state index in [1.54, 1.807) is 29.5 Å². The second kappa shape index (κ2) is 4.94. The van der Waals surface area contributed by atoms with Crippen molar-refractivity contribution in [2.75, 3.05) is 0 Å². The third kappa shape index (κ3) is 2.80. The zero-order chi connectivity index (χ0) is 12.3. The van der Waals surface area contributed by atoms with Gasteiger partial charge in [-0.25, -0.2) is 4.39 Å². The molecule has 1 heterocycles. The van der Waals surface area contributed by atoms with Gasteiger partial charge in [0.1, 0.15) is 5.82 Å². The molecule has 0 amide bonds. The Bertz CT molecular complexity index is 605.